The second-order valence-electron chi connectivity index (χ2n) is 5.95. The Bertz CT molecular complexity index is 478. The summed E-state index contributed by atoms with van der Waals surface area (Å²) in [5, 5.41) is 7.72. The van der Waals surface area contributed by atoms with Crippen molar-refractivity contribution >= 4 is 0 Å². The van der Waals surface area contributed by atoms with Crippen LogP contribution in [0.5, 0.6) is 0 Å². The largest absolute Gasteiger partial charge is 0.312 e. The van der Waals surface area contributed by atoms with Gasteiger partial charge >= 0.3 is 0 Å². The van der Waals surface area contributed by atoms with E-state index in [2.05, 4.69) is 55.5 Å². The first-order valence-corrected chi connectivity index (χ1v) is 6.83. The van der Waals surface area contributed by atoms with Crippen molar-refractivity contribution in [2.45, 2.75) is 39.3 Å². The molecule has 0 aliphatic heterocycles. The molecule has 1 heterocycles. The summed E-state index contributed by atoms with van der Waals surface area (Å²) in [5.74, 6) is 0. The Labute approximate surface area is 115 Å². The smallest absolute Gasteiger partial charge is 0.0659 e. The minimum atomic E-state index is 0.194. The van der Waals surface area contributed by atoms with Gasteiger partial charge in [-0.2, -0.15) is 5.10 Å². The average Bonchev–Trinajstić information content (AvgIpc) is 2.83. The van der Waals surface area contributed by atoms with Crippen LogP contribution in [0.4, 0.5) is 0 Å². The molecule has 0 bridgehead atoms. The Hall–Kier alpha value is -1.61. The third-order valence-electron chi connectivity index (χ3n) is 3.00. The van der Waals surface area contributed by atoms with Crippen LogP contribution in [0.15, 0.2) is 42.7 Å². The fourth-order valence-corrected chi connectivity index (χ4v) is 1.97. The molecule has 0 saturated carbocycles. The van der Waals surface area contributed by atoms with Gasteiger partial charge in [0.15, 0.2) is 0 Å². The van der Waals surface area contributed by atoms with Crippen molar-refractivity contribution in [3.8, 4) is 0 Å². The van der Waals surface area contributed by atoms with E-state index < -0.39 is 0 Å². The second-order valence-corrected chi connectivity index (χ2v) is 5.95. The Morgan fingerprint density at radius 3 is 2.37 bits per heavy atom. The lowest BCUT2D eigenvalue weighted by molar-refractivity contribution is 0.429. The lowest BCUT2D eigenvalue weighted by atomic mass is 10.1. The molecule has 0 fully saturated rings. The van der Waals surface area contributed by atoms with Gasteiger partial charge in [-0.05, 0) is 50.9 Å². The van der Waals surface area contributed by atoms with Gasteiger partial charge < -0.3 is 5.32 Å². The van der Waals surface area contributed by atoms with Crippen molar-refractivity contribution in [2.24, 2.45) is 0 Å². The van der Waals surface area contributed by atoms with E-state index in [1.807, 2.05) is 23.1 Å². The van der Waals surface area contributed by atoms with E-state index >= 15 is 0 Å². The average molecular weight is 257 g/mol. The van der Waals surface area contributed by atoms with Gasteiger partial charge in [0.05, 0.1) is 6.54 Å². The number of nitrogens with one attached hydrogen (secondary N) is 1. The van der Waals surface area contributed by atoms with Crippen molar-refractivity contribution in [1.29, 1.82) is 0 Å². The van der Waals surface area contributed by atoms with E-state index in [0.29, 0.717) is 0 Å². The summed E-state index contributed by atoms with van der Waals surface area (Å²) in [6.45, 7) is 8.44. The molecule has 0 radical (unpaired) electrons. The zero-order chi connectivity index (χ0) is 13.7. The van der Waals surface area contributed by atoms with Crippen molar-refractivity contribution in [3.05, 3.63) is 53.9 Å². The van der Waals surface area contributed by atoms with Gasteiger partial charge in [-0.1, -0.05) is 24.3 Å². The fourth-order valence-electron chi connectivity index (χ4n) is 1.97. The van der Waals surface area contributed by atoms with Gasteiger partial charge in [-0.25, -0.2) is 0 Å². The highest BCUT2D eigenvalue weighted by atomic mass is 15.3. The molecule has 0 aliphatic carbocycles. The highest BCUT2D eigenvalue weighted by Gasteiger charge is 2.07. The SMILES string of the molecule is CC(C)(C)NCCc1ccc(Cn2cccn2)cc1. The summed E-state index contributed by atoms with van der Waals surface area (Å²) >= 11 is 0. The van der Waals surface area contributed by atoms with Crippen LogP contribution in [-0.4, -0.2) is 21.9 Å². The van der Waals surface area contributed by atoms with Gasteiger partial charge in [0, 0.05) is 17.9 Å². The topological polar surface area (TPSA) is 29.9 Å². The molecule has 0 spiro atoms. The Morgan fingerprint density at radius 1 is 1.11 bits per heavy atom. The molecule has 3 nitrogen and oxygen atoms in total. The molecule has 0 unspecified atom stereocenters. The van der Waals surface area contributed by atoms with E-state index in [1.54, 1.807) is 0 Å². The third-order valence-corrected chi connectivity index (χ3v) is 3.00. The molecule has 2 rings (SSSR count). The van der Waals surface area contributed by atoms with Crippen LogP contribution >= 0.6 is 0 Å². The highest BCUT2D eigenvalue weighted by Crippen LogP contribution is 2.07. The maximum Gasteiger partial charge on any atom is 0.0659 e. The lowest BCUT2D eigenvalue weighted by Gasteiger charge is -2.20. The zero-order valence-electron chi connectivity index (χ0n) is 12.1. The number of hydrogen-bond donors (Lipinski definition) is 1. The zero-order valence-corrected chi connectivity index (χ0v) is 12.1. The van der Waals surface area contributed by atoms with E-state index in [0.717, 1.165) is 19.5 Å². The molecule has 19 heavy (non-hydrogen) atoms. The first-order valence-electron chi connectivity index (χ1n) is 6.83. The summed E-state index contributed by atoms with van der Waals surface area (Å²) in [6, 6.07) is 10.8. The van der Waals surface area contributed by atoms with Gasteiger partial charge in [0.1, 0.15) is 0 Å². The van der Waals surface area contributed by atoms with Gasteiger partial charge in [-0.3, -0.25) is 4.68 Å². The van der Waals surface area contributed by atoms with Crippen LogP contribution in [0.3, 0.4) is 0 Å². The molecule has 0 saturated heterocycles. The van der Waals surface area contributed by atoms with Crippen LogP contribution in [0.2, 0.25) is 0 Å². The minimum Gasteiger partial charge on any atom is -0.312 e. The molecule has 1 N–H and O–H groups in total. The molecular weight excluding hydrogens is 234 g/mol. The number of nitrogens with zero attached hydrogens (tertiary/aromatic N) is 2. The van der Waals surface area contributed by atoms with Crippen LogP contribution in [-0.2, 0) is 13.0 Å². The second kappa shape index (κ2) is 6.02. The summed E-state index contributed by atoms with van der Waals surface area (Å²) in [6.07, 6.45) is 4.87. The lowest BCUT2D eigenvalue weighted by Crippen LogP contribution is -2.37. The standard InChI is InChI=1S/C16H23N3/c1-16(2,3)17-11-9-14-5-7-15(8-6-14)13-19-12-4-10-18-19/h4-8,10,12,17H,9,11,13H2,1-3H3. The van der Waals surface area contributed by atoms with E-state index in [1.165, 1.54) is 11.1 Å². The predicted molar refractivity (Wildman–Crippen MR) is 79.2 cm³/mol. The minimum absolute atomic E-state index is 0.194. The molecular formula is C16H23N3. The molecule has 2 aromatic rings. The van der Waals surface area contributed by atoms with E-state index in [4.69, 9.17) is 0 Å². The molecule has 3 heteroatoms. The van der Waals surface area contributed by atoms with Crippen molar-refractivity contribution in [2.75, 3.05) is 6.54 Å². The Balaban J connectivity index is 1.84. The summed E-state index contributed by atoms with van der Waals surface area (Å²) < 4.78 is 1.94. The Morgan fingerprint density at radius 2 is 1.79 bits per heavy atom. The number of hydrogen-bond acceptors (Lipinski definition) is 2. The van der Waals surface area contributed by atoms with Gasteiger partial charge in [-0.15, -0.1) is 0 Å². The number of rotatable bonds is 5. The first-order chi connectivity index (χ1) is 9.03. The molecule has 0 aliphatic rings. The Kier molecular flexibility index (Phi) is 4.38. The quantitative estimate of drug-likeness (QED) is 0.892. The molecule has 102 valence electrons. The maximum absolute atomic E-state index is 4.22. The van der Waals surface area contributed by atoms with Crippen molar-refractivity contribution in [1.82, 2.24) is 15.1 Å². The molecule has 0 amide bonds. The normalized spacial score (nSPS) is 11.7. The third kappa shape index (κ3) is 4.87. The molecule has 1 aromatic heterocycles. The number of aromatic nitrogens is 2. The predicted octanol–water partition coefficient (Wildman–Crippen LogP) is 2.86. The van der Waals surface area contributed by atoms with Crippen molar-refractivity contribution < 1.29 is 0 Å². The molecule has 1 aromatic carbocycles. The van der Waals surface area contributed by atoms with Crippen LogP contribution < -0.4 is 5.32 Å². The van der Waals surface area contributed by atoms with Gasteiger partial charge in [0.2, 0.25) is 0 Å². The molecule has 0 atom stereocenters. The van der Waals surface area contributed by atoms with Crippen LogP contribution in [0.1, 0.15) is 31.9 Å². The number of benzene rings is 1. The van der Waals surface area contributed by atoms with Crippen LogP contribution in [0, 0.1) is 0 Å². The monoisotopic (exact) mass is 257 g/mol. The van der Waals surface area contributed by atoms with Crippen molar-refractivity contribution in [3.63, 3.8) is 0 Å². The first kappa shape index (κ1) is 13.8. The van der Waals surface area contributed by atoms with E-state index in [9.17, 15) is 0 Å². The fraction of sp³-hybridized carbons (Fsp3) is 0.438. The summed E-state index contributed by atoms with van der Waals surface area (Å²) in [4.78, 5) is 0. The summed E-state index contributed by atoms with van der Waals surface area (Å²) in [7, 11) is 0. The maximum atomic E-state index is 4.22. The highest BCUT2D eigenvalue weighted by molar-refractivity contribution is 5.23. The summed E-state index contributed by atoms with van der Waals surface area (Å²) in [5.41, 5.74) is 2.86. The van der Waals surface area contributed by atoms with Crippen LogP contribution in [0.25, 0.3) is 0 Å². The van der Waals surface area contributed by atoms with Gasteiger partial charge in [0.25, 0.3) is 0 Å². The van der Waals surface area contributed by atoms with E-state index in [-0.39, 0.29) is 5.54 Å².